The third kappa shape index (κ3) is 4.60. The SMILES string of the molecule is Cc1ccsc1CNCCc1ccc(Cl)s1.Cl. The molecule has 0 amide bonds. The van der Waals surface area contributed by atoms with Gasteiger partial charge in [-0.2, -0.15) is 0 Å². The molecule has 0 radical (unpaired) electrons. The molecule has 2 aromatic rings. The fraction of sp³-hybridized carbons (Fsp3) is 0.333. The van der Waals surface area contributed by atoms with E-state index in [4.69, 9.17) is 11.6 Å². The molecule has 1 nitrogen and oxygen atoms in total. The summed E-state index contributed by atoms with van der Waals surface area (Å²) in [6.45, 7) is 4.14. The first-order valence-electron chi connectivity index (χ1n) is 5.23. The van der Waals surface area contributed by atoms with Gasteiger partial charge in [0.2, 0.25) is 0 Å². The third-order valence-electron chi connectivity index (χ3n) is 2.43. The van der Waals surface area contributed by atoms with E-state index in [-0.39, 0.29) is 12.4 Å². The fourth-order valence-electron chi connectivity index (χ4n) is 1.48. The summed E-state index contributed by atoms with van der Waals surface area (Å²) in [5.41, 5.74) is 1.39. The average molecular weight is 308 g/mol. The maximum atomic E-state index is 5.87. The van der Waals surface area contributed by atoms with E-state index in [0.29, 0.717) is 0 Å². The van der Waals surface area contributed by atoms with Crippen LogP contribution in [0.1, 0.15) is 15.3 Å². The number of nitrogens with one attached hydrogen (secondary N) is 1. The first-order valence-corrected chi connectivity index (χ1v) is 7.31. The monoisotopic (exact) mass is 307 g/mol. The van der Waals surface area contributed by atoms with E-state index < -0.39 is 0 Å². The van der Waals surface area contributed by atoms with Gasteiger partial charge in [-0.1, -0.05) is 11.6 Å². The van der Waals surface area contributed by atoms with Crippen molar-refractivity contribution in [3.8, 4) is 0 Å². The van der Waals surface area contributed by atoms with E-state index in [0.717, 1.165) is 23.8 Å². The van der Waals surface area contributed by atoms with Crippen molar-refractivity contribution in [3.05, 3.63) is 43.2 Å². The van der Waals surface area contributed by atoms with Gasteiger partial charge in [0, 0.05) is 22.8 Å². The van der Waals surface area contributed by atoms with E-state index in [1.54, 1.807) is 11.3 Å². The highest BCUT2D eigenvalue weighted by atomic mass is 35.5. The number of hydrogen-bond donors (Lipinski definition) is 1. The van der Waals surface area contributed by atoms with Crippen LogP contribution in [0, 0.1) is 6.92 Å². The van der Waals surface area contributed by atoms with Gasteiger partial charge < -0.3 is 5.32 Å². The maximum absolute atomic E-state index is 5.87. The van der Waals surface area contributed by atoms with Crippen molar-refractivity contribution < 1.29 is 0 Å². The first-order chi connectivity index (χ1) is 7.75. The van der Waals surface area contributed by atoms with Gasteiger partial charge in [-0.15, -0.1) is 35.1 Å². The highest BCUT2D eigenvalue weighted by Crippen LogP contribution is 2.21. The molecule has 0 aromatic carbocycles. The average Bonchev–Trinajstić information content (AvgIpc) is 2.83. The van der Waals surface area contributed by atoms with Crippen molar-refractivity contribution in [2.45, 2.75) is 19.9 Å². The molecule has 0 unspecified atom stereocenters. The lowest BCUT2D eigenvalue weighted by Gasteiger charge is -2.02. The summed E-state index contributed by atoms with van der Waals surface area (Å²) in [6, 6.07) is 6.23. The Labute approximate surface area is 121 Å². The van der Waals surface area contributed by atoms with Gasteiger partial charge in [0.1, 0.15) is 0 Å². The van der Waals surface area contributed by atoms with Crippen LogP contribution in [0.25, 0.3) is 0 Å². The summed E-state index contributed by atoms with van der Waals surface area (Å²) < 4.78 is 0.879. The zero-order chi connectivity index (χ0) is 11.4. The molecule has 2 aromatic heterocycles. The van der Waals surface area contributed by atoms with Gasteiger partial charge in [-0.05, 0) is 42.5 Å². The maximum Gasteiger partial charge on any atom is 0.0931 e. The fourth-order valence-corrected chi connectivity index (χ4v) is 3.45. The number of halogens is 2. The molecule has 0 spiro atoms. The van der Waals surface area contributed by atoms with Crippen LogP contribution in [-0.2, 0) is 13.0 Å². The van der Waals surface area contributed by atoms with Crippen LogP contribution < -0.4 is 5.32 Å². The van der Waals surface area contributed by atoms with Gasteiger partial charge in [0.15, 0.2) is 0 Å². The standard InChI is InChI=1S/C12H14ClNS2.ClH/c1-9-5-7-15-11(9)8-14-6-4-10-2-3-12(13)16-10;/h2-3,5,7,14H,4,6,8H2,1H3;1H. The number of aryl methyl sites for hydroxylation is 1. The minimum absolute atomic E-state index is 0. The van der Waals surface area contributed by atoms with E-state index >= 15 is 0 Å². The molecule has 0 saturated carbocycles. The molecule has 1 N–H and O–H groups in total. The van der Waals surface area contributed by atoms with Crippen LogP contribution in [0.4, 0.5) is 0 Å². The number of rotatable bonds is 5. The Morgan fingerprint density at radius 1 is 1.29 bits per heavy atom. The van der Waals surface area contributed by atoms with E-state index in [1.807, 2.05) is 17.4 Å². The second-order valence-electron chi connectivity index (χ2n) is 3.66. The van der Waals surface area contributed by atoms with Crippen molar-refractivity contribution in [2.24, 2.45) is 0 Å². The molecule has 0 atom stereocenters. The normalized spacial score (nSPS) is 10.2. The summed E-state index contributed by atoms with van der Waals surface area (Å²) in [5.74, 6) is 0. The van der Waals surface area contributed by atoms with Crippen LogP contribution in [0.5, 0.6) is 0 Å². The molecule has 0 fully saturated rings. The summed E-state index contributed by atoms with van der Waals surface area (Å²) in [5, 5.41) is 5.60. The minimum Gasteiger partial charge on any atom is -0.311 e. The smallest absolute Gasteiger partial charge is 0.0931 e. The molecular formula is C12H15Cl2NS2. The Balaban J connectivity index is 0.00000144. The topological polar surface area (TPSA) is 12.0 Å². The van der Waals surface area contributed by atoms with Crippen molar-refractivity contribution in [3.63, 3.8) is 0 Å². The van der Waals surface area contributed by atoms with Crippen LogP contribution in [0.15, 0.2) is 23.6 Å². The molecule has 0 bridgehead atoms. The number of hydrogen-bond acceptors (Lipinski definition) is 3. The van der Waals surface area contributed by atoms with Crippen molar-refractivity contribution >= 4 is 46.7 Å². The van der Waals surface area contributed by atoms with E-state index in [2.05, 4.69) is 29.8 Å². The Morgan fingerprint density at radius 2 is 2.12 bits per heavy atom. The largest absolute Gasteiger partial charge is 0.311 e. The lowest BCUT2D eigenvalue weighted by Crippen LogP contribution is -2.15. The first kappa shape index (κ1) is 15.0. The molecule has 2 rings (SSSR count). The molecule has 0 aliphatic carbocycles. The third-order valence-corrected chi connectivity index (χ3v) is 4.74. The van der Waals surface area contributed by atoms with Gasteiger partial charge >= 0.3 is 0 Å². The van der Waals surface area contributed by atoms with Gasteiger partial charge in [0.05, 0.1) is 4.34 Å². The van der Waals surface area contributed by atoms with Crippen molar-refractivity contribution in [1.82, 2.24) is 5.32 Å². The zero-order valence-corrected chi connectivity index (χ0v) is 12.7. The van der Waals surface area contributed by atoms with Crippen molar-refractivity contribution in [1.29, 1.82) is 0 Å². The molecule has 2 heterocycles. The molecule has 0 aliphatic heterocycles. The lowest BCUT2D eigenvalue weighted by atomic mass is 10.3. The van der Waals surface area contributed by atoms with Gasteiger partial charge in [-0.3, -0.25) is 0 Å². The summed E-state index contributed by atoms with van der Waals surface area (Å²) in [6.07, 6.45) is 1.06. The zero-order valence-electron chi connectivity index (χ0n) is 9.53. The van der Waals surface area contributed by atoms with Crippen molar-refractivity contribution in [2.75, 3.05) is 6.54 Å². The molecule has 5 heteroatoms. The van der Waals surface area contributed by atoms with Crippen LogP contribution >= 0.6 is 46.7 Å². The Morgan fingerprint density at radius 3 is 2.71 bits per heavy atom. The van der Waals surface area contributed by atoms with Gasteiger partial charge in [0.25, 0.3) is 0 Å². The summed E-state index contributed by atoms with van der Waals surface area (Å²) in [4.78, 5) is 2.78. The number of thiophene rings is 2. The Bertz CT molecular complexity index is 451. The second kappa shape index (κ2) is 7.39. The predicted octanol–water partition coefficient (Wildman–Crippen LogP) is 4.53. The Kier molecular flexibility index (Phi) is 6.52. The molecular weight excluding hydrogens is 293 g/mol. The molecule has 17 heavy (non-hydrogen) atoms. The van der Waals surface area contributed by atoms with Gasteiger partial charge in [-0.25, -0.2) is 0 Å². The highest BCUT2D eigenvalue weighted by molar-refractivity contribution is 7.16. The summed E-state index contributed by atoms with van der Waals surface area (Å²) >= 11 is 9.36. The highest BCUT2D eigenvalue weighted by Gasteiger charge is 2.00. The van der Waals surface area contributed by atoms with Crippen LogP contribution in [0.2, 0.25) is 4.34 Å². The lowest BCUT2D eigenvalue weighted by molar-refractivity contribution is 0.695. The Hall–Kier alpha value is -0.0600. The van der Waals surface area contributed by atoms with Crippen LogP contribution in [-0.4, -0.2) is 6.54 Å². The summed E-state index contributed by atoms with van der Waals surface area (Å²) in [7, 11) is 0. The second-order valence-corrected chi connectivity index (χ2v) is 6.46. The molecule has 0 saturated heterocycles. The van der Waals surface area contributed by atoms with E-state index in [9.17, 15) is 0 Å². The minimum atomic E-state index is 0. The van der Waals surface area contributed by atoms with Crippen LogP contribution in [0.3, 0.4) is 0 Å². The molecule has 0 aliphatic rings. The van der Waals surface area contributed by atoms with E-state index in [1.165, 1.54) is 15.3 Å². The molecule has 94 valence electrons. The predicted molar refractivity (Wildman–Crippen MR) is 81.0 cm³/mol. The quantitative estimate of drug-likeness (QED) is 0.801.